The number of benzene rings is 1. The Morgan fingerprint density at radius 1 is 1.12 bits per heavy atom. The molecular formula is C18H24Cl2N2O2S. The number of hydrogen-bond acceptors (Lipinski definition) is 4. The maximum atomic E-state index is 12.3. The highest BCUT2D eigenvalue weighted by atomic mass is 35.5. The van der Waals surface area contributed by atoms with Gasteiger partial charge in [0.2, 0.25) is 5.91 Å². The standard InChI is InChI=1S/C18H23ClN2O2S.ClH/c19-15-3-1-14(2-4-15)16(22)11-24-12-17(23)21-9-6-18(7-10-21)5-8-20-13-18;/h1-4,20H,5-13H2;1H. The molecule has 0 radical (unpaired) electrons. The van der Waals surface area contributed by atoms with Crippen molar-refractivity contribution in [1.29, 1.82) is 0 Å². The summed E-state index contributed by atoms with van der Waals surface area (Å²) in [6.45, 7) is 3.91. The first-order chi connectivity index (χ1) is 11.6. The molecule has 1 aromatic rings. The molecule has 0 atom stereocenters. The van der Waals surface area contributed by atoms with Crippen molar-refractivity contribution in [2.24, 2.45) is 5.41 Å². The van der Waals surface area contributed by atoms with Crippen LogP contribution in [0.2, 0.25) is 5.02 Å². The number of ketones is 1. The fraction of sp³-hybridized carbons (Fsp3) is 0.556. The van der Waals surface area contributed by atoms with Crippen LogP contribution in [-0.4, -0.2) is 54.3 Å². The van der Waals surface area contributed by atoms with Gasteiger partial charge in [0, 0.05) is 30.2 Å². The number of amides is 1. The van der Waals surface area contributed by atoms with Crippen molar-refractivity contribution in [2.75, 3.05) is 37.7 Å². The maximum absolute atomic E-state index is 12.3. The molecule has 4 nitrogen and oxygen atoms in total. The van der Waals surface area contributed by atoms with Gasteiger partial charge in [-0.1, -0.05) is 11.6 Å². The average Bonchev–Trinajstić information content (AvgIpc) is 3.04. The minimum absolute atomic E-state index is 0. The van der Waals surface area contributed by atoms with Crippen molar-refractivity contribution < 1.29 is 9.59 Å². The molecule has 1 amide bonds. The first-order valence-electron chi connectivity index (χ1n) is 8.43. The van der Waals surface area contributed by atoms with E-state index in [1.807, 2.05) is 4.90 Å². The van der Waals surface area contributed by atoms with Gasteiger partial charge in [0.15, 0.2) is 5.78 Å². The van der Waals surface area contributed by atoms with Crippen LogP contribution in [0, 0.1) is 5.41 Å². The Morgan fingerprint density at radius 3 is 2.40 bits per heavy atom. The van der Waals surface area contributed by atoms with E-state index in [0.29, 0.717) is 27.5 Å². The number of piperidine rings is 1. The lowest BCUT2D eigenvalue weighted by atomic mass is 9.78. The van der Waals surface area contributed by atoms with Crippen molar-refractivity contribution in [3.05, 3.63) is 34.9 Å². The van der Waals surface area contributed by atoms with E-state index in [9.17, 15) is 9.59 Å². The van der Waals surface area contributed by atoms with Gasteiger partial charge >= 0.3 is 0 Å². The van der Waals surface area contributed by atoms with E-state index < -0.39 is 0 Å². The van der Waals surface area contributed by atoms with Crippen molar-refractivity contribution in [3.8, 4) is 0 Å². The fourth-order valence-corrected chi connectivity index (χ4v) is 4.43. The van der Waals surface area contributed by atoms with Gasteiger partial charge in [0.05, 0.1) is 11.5 Å². The maximum Gasteiger partial charge on any atom is 0.232 e. The summed E-state index contributed by atoms with van der Waals surface area (Å²) in [6, 6.07) is 6.89. The zero-order valence-corrected chi connectivity index (χ0v) is 16.5. The molecule has 2 aliphatic rings. The van der Waals surface area contributed by atoms with Crippen LogP contribution in [0.25, 0.3) is 0 Å². The quantitative estimate of drug-likeness (QED) is 0.767. The van der Waals surface area contributed by atoms with Crippen LogP contribution in [-0.2, 0) is 4.79 Å². The van der Waals surface area contributed by atoms with Gasteiger partial charge < -0.3 is 10.2 Å². The SMILES string of the molecule is Cl.O=C(CSCC(=O)N1CCC2(CCNC2)CC1)c1ccc(Cl)cc1. The zero-order valence-electron chi connectivity index (χ0n) is 14.1. The van der Waals surface area contributed by atoms with Gasteiger partial charge in [-0.15, -0.1) is 24.2 Å². The smallest absolute Gasteiger partial charge is 0.232 e. The third-order valence-electron chi connectivity index (χ3n) is 5.13. The Hall–Kier alpha value is -0.750. The molecule has 2 fully saturated rings. The second-order valence-electron chi connectivity index (χ2n) is 6.73. The molecule has 1 spiro atoms. The van der Waals surface area contributed by atoms with E-state index in [1.54, 1.807) is 24.3 Å². The average molecular weight is 403 g/mol. The molecule has 138 valence electrons. The van der Waals surface area contributed by atoms with Crippen LogP contribution in [0.5, 0.6) is 0 Å². The van der Waals surface area contributed by atoms with E-state index in [-0.39, 0.29) is 24.1 Å². The minimum atomic E-state index is 0. The van der Waals surface area contributed by atoms with Crippen LogP contribution < -0.4 is 5.32 Å². The molecule has 3 rings (SSSR count). The number of Topliss-reactive ketones (excluding diaryl/α,β-unsaturated/α-hetero) is 1. The lowest BCUT2D eigenvalue weighted by molar-refractivity contribution is -0.130. The summed E-state index contributed by atoms with van der Waals surface area (Å²) in [7, 11) is 0. The van der Waals surface area contributed by atoms with Gasteiger partial charge in [0.1, 0.15) is 0 Å². The molecule has 2 heterocycles. The monoisotopic (exact) mass is 402 g/mol. The predicted molar refractivity (Wildman–Crippen MR) is 106 cm³/mol. The highest BCUT2D eigenvalue weighted by Gasteiger charge is 2.37. The Balaban J connectivity index is 0.00000225. The fourth-order valence-electron chi connectivity index (χ4n) is 3.49. The molecule has 0 aliphatic carbocycles. The van der Waals surface area contributed by atoms with Gasteiger partial charge in [-0.05, 0) is 55.5 Å². The summed E-state index contributed by atoms with van der Waals surface area (Å²) in [5.74, 6) is 0.906. The van der Waals surface area contributed by atoms with Gasteiger partial charge in [-0.3, -0.25) is 9.59 Å². The molecule has 1 N–H and O–H groups in total. The largest absolute Gasteiger partial charge is 0.342 e. The molecule has 0 bridgehead atoms. The van der Waals surface area contributed by atoms with E-state index in [1.165, 1.54) is 18.2 Å². The van der Waals surface area contributed by atoms with Crippen molar-refractivity contribution in [2.45, 2.75) is 19.3 Å². The summed E-state index contributed by atoms with van der Waals surface area (Å²) < 4.78 is 0. The second kappa shape index (κ2) is 9.26. The summed E-state index contributed by atoms with van der Waals surface area (Å²) in [5, 5.41) is 4.06. The molecule has 25 heavy (non-hydrogen) atoms. The molecule has 2 saturated heterocycles. The number of nitrogens with zero attached hydrogens (tertiary/aromatic N) is 1. The number of thioether (sulfide) groups is 1. The molecule has 1 aromatic carbocycles. The van der Waals surface area contributed by atoms with Gasteiger partial charge in [-0.25, -0.2) is 0 Å². The van der Waals surface area contributed by atoms with Gasteiger partial charge in [-0.2, -0.15) is 0 Å². The van der Waals surface area contributed by atoms with Crippen LogP contribution in [0.4, 0.5) is 0 Å². The van der Waals surface area contributed by atoms with E-state index in [0.717, 1.165) is 39.0 Å². The summed E-state index contributed by atoms with van der Waals surface area (Å²) in [6.07, 6.45) is 3.43. The second-order valence-corrected chi connectivity index (χ2v) is 8.15. The lowest BCUT2D eigenvalue weighted by Gasteiger charge is -2.38. The number of likely N-dealkylation sites (tertiary alicyclic amines) is 1. The third-order valence-corrected chi connectivity index (χ3v) is 6.30. The van der Waals surface area contributed by atoms with Crippen LogP contribution in [0.3, 0.4) is 0 Å². The predicted octanol–water partition coefficient (Wildman–Crippen LogP) is 3.28. The Bertz CT molecular complexity index is 594. The van der Waals surface area contributed by atoms with Crippen molar-refractivity contribution in [3.63, 3.8) is 0 Å². The van der Waals surface area contributed by atoms with E-state index >= 15 is 0 Å². The summed E-state index contributed by atoms with van der Waals surface area (Å²) in [4.78, 5) is 26.4. The first kappa shape index (κ1) is 20.6. The number of carbonyl (C=O) groups is 2. The molecule has 0 aromatic heterocycles. The number of nitrogens with one attached hydrogen (secondary N) is 1. The van der Waals surface area contributed by atoms with Crippen LogP contribution in [0.1, 0.15) is 29.6 Å². The van der Waals surface area contributed by atoms with Gasteiger partial charge in [0.25, 0.3) is 0 Å². The van der Waals surface area contributed by atoms with Crippen LogP contribution in [0.15, 0.2) is 24.3 Å². The van der Waals surface area contributed by atoms with Crippen molar-refractivity contribution in [1.82, 2.24) is 10.2 Å². The number of hydrogen-bond donors (Lipinski definition) is 1. The van der Waals surface area contributed by atoms with Crippen molar-refractivity contribution >= 4 is 47.5 Å². The summed E-state index contributed by atoms with van der Waals surface area (Å²) in [5.41, 5.74) is 1.07. The van der Waals surface area contributed by atoms with E-state index in [2.05, 4.69) is 5.32 Å². The number of rotatable bonds is 5. The molecule has 7 heteroatoms. The van der Waals surface area contributed by atoms with Crippen LogP contribution >= 0.6 is 35.8 Å². The molecule has 0 unspecified atom stereocenters. The lowest BCUT2D eigenvalue weighted by Crippen LogP contribution is -2.44. The Kier molecular flexibility index (Phi) is 7.62. The molecular weight excluding hydrogens is 379 g/mol. The Labute approximate surface area is 164 Å². The first-order valence-corrected chi connectivity index (χ1v) is 9.96. The summed E-state index contributed by atoms with van der Waals surface area (Å²) >= 11 is 7.22. The Morgan fingerprint density at radius 2 is 1.80 bits per heavy atom. The highest BCUT2D eigenvalue weighted by molar-refractivity contribution is 8.00. The third kappa shape index (κ3) is 5.36. The normalized spacial score (nSPS) is 18.8. The highest BCUT2D eigenvalue weighted by Crippen LogP contribution is 2.36. The van der Waals surface area contributed by atoms with E-state index in [4.69, 9.17) is 11.6 Å². The topological polar surface area (TPSA) is 49.4 Å². The molecule has 0 saturated carbocycles. The zero-order chi connectivity index (χ0) is 17.0. The number of carbonyl (C=O) groups excluding carboxylic acids is 2. The number of halogens is 2. The minimum Gasteiger partial charge on any atom is -0.342 e. The molecule has 2 aliphatic heterocycles.